The molecular weight excluding hydrogens is 200 g/mol. The third-order valence-corrected chi connectivity index (χ3v) is 4.34. The highest BCUT2D eigenvalue weighted by Gasteiger charge is 2.38. The van der Waals surface area contributed by atoms with Gasteiger partial charge in [0, 0.05) is 38.3 Å². The molecule has 1 N–H and O–H groups in total. The maximum absolute atomic E-state index is 5.49. The van der Waals surface area contributed by atoms with Crippen molar-refractivity contribution in [2.45, 2.75) is 38.3 Å². The normalized spacial score (nSPS) is 41.4. The average molecular weight is 224 g/mol. The second-order valence-corrected chi connectivity index (χ2v) is 5.90. The summed E-state index contributed by atoms with van der Waals surface area (Å²) in [5.41, 5.74) is 0. The molecule has 0 aromatic rings. The molecule has 0 amide bonds. The number of ether oxygens (including phenoxy) is 1. The molecule has 3 aliphatic rings. The second kappa shape index (κ2) is 4.63. The van der Waals surface area contributed by atoms with Crippen LogP contribution in [-0.2, 0) is 4.74 Å². The van der Waals surface area contributed by atoms with Crippen LogP contribution in [0.15, 0.2) is 0 Å². The molecule has 16 heavy (non-hydrogen) atoms. The monoisotopic (exact) mass is 224 g/mol. The minimum absolute atomic E-state index is 0.664. The van der Waals surface area contributed by atoms with Gasteiger partial charge in [0.1, 0.15) is 0 Å². The van der Waals surface area contributed by atoms with Crippen LogP contribution in [-0.4, -0.2) is 49.8 Å². The first-order valence-corrected chi connectivity index (χ1v) is 6.88. The summed E-state index contributed by atoms with van der Waals surface area (Å²) in [6, 6.07) is 1.48. The van der Waals surface area contributed by atoms with Crippen molar-refractivity contribution >= 4 is 0 Å². The zero-order valence-corrected chi connectivity index (χ0v) is 10.3. The Morgan fingerprint density at radius 2 is 2.19 bits per heavy atom. The summed E-state index contributed by atoms with van der Waals surface area (Å²) in [5, 5.41) is 3.64. The van der Waals surface area contributed by atoms with Crippen molar-refractivity contribution in [1.82, 2.24) is 10.2 Å². The Kier molecular flexibility index (Phi) is 3.18. The minimum Gasteiger partial charge on any atom is -0.381 e. The van der Waals surface area contributed by atoms with Gasteiger partial charge in [-0.25, -0.2) is 0 Å². The van der Waals surface area contributed by atoms with E-state index in [1.165, 1.54) is 38.9 Å². The zero-order valence-electron chi connectivity index (χ0n) is 10.3. The van der Waals surface area contributed by atoms with E-state index in [4.69, 9.17) is 4.74 Å². The van der Waals surface area contributed by atoms with Crippen molar-refractivity contribution in [1.29, 1.82) is 0 Å². The predicted octanol–water partition coefficient (Wildman–Crippen LogP) is 1.10. The fraction of sp³-hybridized carbons (Fsp3) is 1.00. The van der Waals surface area contributed by atoms with Crippen LogP contribution in [0.2, 0.25) is 0 Å². The van der Waals surface area contributed by atoms with E-state index in [0.717, 1.165) is 31.1 Å². The van der Waals surface area contributed by atoms with E-state index in [1.807, 2.05) is 0 Å². The van der Waals surface area contributed by atoms with Gasteiger partial charge in [-0.15, -0.1) is 0 Å². The summed E-state index contributed by atoms with van der Waals surface area (Å²) < 4.78 is 5.49. The van der Waals surface area contributed by atoms with Crippen LogP contribution in [0, 0.1) is 11.8 Å². The van der Waals surface area contributed by atoms with Crippen LogP contribution in [0.25, 0.3) is 0 Å². The molecule has 1 saturated carbocycles. The predicted molar refractivity (Wildman–Crippen MR) is 64.5 cm³/mol. The van der Waals surface area contributed by atoms with Crippen molar-refractivity contribution in [3.63, 3.8) is 0 Å². The summed E-state index contributed by atoms with van der Waals surface area (Å²) in [5.74, 6) is 1.79. The van der Waals surface area contributed by atoms with Gasteiger partial charge in [-0.3, -0.25) is 4.90 Å². The number of piperazine rings is 1. The van der Waals surface area contributed by atoms with E-state index < -0.39 is 0 Å². The SMILES string of the molecule is CC1CN(CC2CCOC2)C(C2CC2)CN1. The fourth-order valence-electron chi connectivity index (χ4n) is 3.22. The number of nitrogens with one attached hydrogen (secondary N) is 1. The molecule has 0 radical (unpaired) electrons. The maximum atomic E-state index is 5.49. The standard InChI is InChI=1S/C13H24N2O/c1-10-7-15(8-11-4-5-16-9-11)13(6-14-10)12-2-3-12/h10-14H,2-9H2,1H3. The molecule has 0 spiro atoms. The van der Waals surface area contributed by atoms with Crippen LogP contribution in [0.5, 0.6) is 0 Å². The average Bonchev–Trinajstić information content (AvgIpc) is 2.98. The van der Waals surface area contributed by atoms with E-state index in [2.05, 4.69) is 17.1 Å². The molecule has 3 atom stereocenters. The molecule has 2 aliphatic heterocycles. The van der Waals surface area contributed by atoms with Gasteiger partial charge in [-0.2, -0.15) is 0 Å². The molecule has 1 aliphatic carbocycles. The highest BCUT2D eigenvalue weighted by molar-refractivity contribution is 4.94. The maximum Gasteiger partial charge on any atom is 0.0507 e. The second-order valence-electron chi connectivity index (χ2n) is 5.90. The number of nitrogens with zero attached hydrogens (tertiary/aromatic N) is 1. The molecule has 0 bridgehead atoms. The van der Waals surface area contributed by atoms with E-state index in [0.29, 0.717) is 6.04 Å². The molecule has 3 nitrogen and oxygen atoms in total. The van der Waals surface area contributed by atoms with Crippen molar-refractivity contribution in [3.8, 4) is 0 Å². The van der Waals surface area contributed by atoms with Crippen LogP contribution in [0.3, 0.4) is 0 Å². The largest absolute Gasteiger partial charge is 0.381 e. The highest BCUT2D eigenvalue weighted by Crippen LogP contribution is 2.36. The van der Waals surface area contributed by atoms with E-state index in [1.54, 1.807) is 0 Å². The van der Waals surface area contributed by atoms with Crippen molar-refractivity contribution < 1.29 is 4.74 Å². The third-order valence-electron chi connectivity index (χ3n) is 4.34. The topological polar surface area (TPSA) is 24.5 Å². The third kappa shape index (κ3) is 2.41. The van der Waals surface area contributed by atoms with Crippen molar-refractivity contribution in [3.05, 3.63) is 0 Å². The molecule has 2 heterocycles. The van der Waals surface area contributed by atoms with E-state index in [9.17, 15) is 0 Å². The van der Waals surface area contributed by atoms with Crippen LogP contribution in [0.4, 0.5) is 0 Å². The summed E-state index contributed by atoms with van der Waals surface area (Å²) in [6.45, 7) is 8.00. The molecule has 3 heteroatoms. The molecule has 3 rings (SSSR count). The van der Waals surface area contributed by atoms with Crippen molar-refractivity contribution in [2.24, 2.45) is 11.8 Å². The highest BCUT2D eigenvalue weighted by atomic mass is 16.5. The number of rotatable bonds is 3. The lowest BCUT2D eigenvalue weighted by Gasteiger charge is -2.40. The Bertz CT molecular complexity index is 236. The first kappa shape index (κ1) is 11.0. The molecule has 3 unspecified atom stereocenters. The van der Waals surface area contributed by atoms with Crippen LogP contribution in [0.1, 0.15) is 26.2 Å². The Morgan fingerprint density at radius 1 is 1.31 bits per heavy atom. The smallest absolute Gasteiger partial charge is 0.0507 e. The lowest BCUT2D eigenvalue weighted by Crippen LogP contribution is -2.57. The van der Waals surface area contributed by atoms with Gasteiger partial charge >= 0.3 is 0 Å². The summed E-state index contributed by atoms with van der Waals surface area (Å²) >= 11 is 0. The summed E-state index contributed by atoms with van der Waals surface area (Å²) in [6.07, 6.45) is 4.19. The molecule has 3 fully saturated rings. The molecule has 0 aromatic heterocycles. The number of hydrogen-bond acceptors (Lipinski definition) is 3. The zero-order chi connectivity index (χ0) is 11.0. The minimum atomic E-state index is 0.664. The van der Waals surface area contributed by atoms with Gasteiger partial charge in [0.05, 0.1) is 6.61 Å². The van der Waals surface area contributed by atoms with Crippen LogP contribution >= 0.6 is 0 Å². The lowest BCUT2D eigenvalue weighted by atomic mass is 10.0. The van der Waals surface area contributed by atoms with Crippen LogP contribution < -0.4 is 5.32 Å². The van der Waals surface area contributed by atoms with Gasteiger partial charge in [-0.1, -0.05) is 0 Å². The Balaban J connectivity index is 1.59. The van der Waals surface area contributed by atoms with Gasteiger partial charge in [-0.05, 0) is 38.0 Å². The first-order valence-electron chi connectivity index (χ1n) is 6.88. The van der Waals surface area contributed by atoms with E-state index in [-0.39, 0.29) is 0 Å². The Hall–Kier alpha value is -0.120. The van der Waals surface area contributed by atoms with Crippen molar-refractivity contribution in [2.75, 3.05) is 32.8 Å². The quantitative estimate of drug-likeness (QED) is 0.777. The molecule has 2 saturated heterocycles. The Labute approximate surface area is 98.5 Å². The number of hydrogen-bond donors (Lipinski definition) is 1. The molecule has 92 valence electrons. The molecule has 0 aromatic carbocycles. The van der Waals surface area contributed by atoms with Gasteiger partial charge in [0.15, 0.2) is 0 Å². The molecular formula is C13H24N2O. The first-order chi connectivity index (χ1) is 7.83. The van der Waals surface area contributed by atoms with Gasteiger partial charge < -0.3 is 10.1 Å². The Morgan fingerprint density at radius 3 is 2.88 bits per heavy atom. The van der Waals surface area contributed by atoms with Gasteiger partial charge in [0.25, 0.3) is 0 Å². The van der Waals surface area contributed by atoms with Gasteiger partial charge in [0.2, 0.25) is 0 Å². The lowest BCUT2D eigenvalue weighted by molar-refractivity contribution is 0.0937. The summed E-state index contributed by atoms with van der Waals surface area (Å²) in [7, 11) is 0. The van der Waals surface area contributed by atoms with E-state index >= 15 is 0 Å². The fourth-order valence-corrected chi connectivity index (χ4v) is 3.22. The summed E-state index contributed by atoms with van der Waals surface area (Å²) in [4.78, 5) is 2.75.